The van der Waals surface area contributed by atoms with Gasteiger partial charge in [-0.05, 0) is 19.9 Å². The summed E-state index contributed by atoms with van der Waals surface area (Å²) >= 11 is 0. The first kappa shape index (κ1) is 7.09. The Labute approximate surface area is 70.1 Å². The molecule has 0 aliphatic heterocycles. The fourth-order valence-corrected chi connectivity index (χ4v) is 1.29. The SMILES string of the molecule is Cc1cc(C)n2cc(N)nc2n1. The van der Waals surface area contributed by atoms with Crippen molar-refractivity contribution < 1.29 is 0 Å². The summed E-state index contributed by atoms with van der Waals surface area (Å²) in [5, 5.41) is 0. The highest BCUT2D eigenvalue weighted by Crippen LogP contribution is 2.08. The average molecular weight is 162 g/mol. The Morgan fingerprint density at radius 2 is 2.08 bits per heavy atom. The van der Waals surface area contributed by atoms with Crippen molar-refractivity contribution in [2.75, 3.05) is 5.73 Å². The highest BCUT2D eigenvalue weighted by Gasteiger charge is 2.01. The lowest BCUT2D eigenvalue weighted by Gasteiger charge is -1.98. The maximum Gasteiger partial charge on any atom is 0.236 e. The lowest BCUT2D eigenvalue weighted by atomic mass is 10.3. The number of nitrogens with two attached hydrogens (primary N) is 1. The topological polar surface area (TPSA) is 56.2 Å². The molecule has 0 fully saturated rings. The molecule has 0 bridgehead atoms. The van der Waals surface area contributed by atoms with Gasteiger partial charge in [0.2, 0.25) is 5.78 Å². The number of rotatable bonds is 0. The third-order valence-corrected chi connectivity index (χ3v) is 1.78. The molecule has 0 aliphatic carbocycles. The van der Waals surface area contributed by atoms with Crippen LogP contribution in [0.2, 0.25) is 0 Å². The molecule has 0 aromatic carbocycles. The number of anilines is 1. The quantitative estimate of drug-likeness (QED) is 0.627. The van der Waals surface area contributed by atoms with Crippen LogP contribution in [0.15, 0.2) is 12.3 Å². The molecule has 2 N–H and O–H groups in total. The van der Waals surface area contributed by atoms with Gasteiger partial charge < -0.3 is 5.73 Å². The summed E-state index contributed by atoms with van der Waals surface area (Å²) in [6.07, 6.45) is 1.77. The van der Waals surface area contributed by atoms with Crippen LogP contribution in [0.3, 0.4) is 0 Å². The zero-order valence-electron chi connectivity index (χ0n) is 7.07. The Hall–Kier alpha value is -1.58. The lowest BCUT2D eigenvalue weighted by molar-refractivity contribution is 1.01. The van der Waals surface area contributed by atoms with Crippen molar-refractivity contribution in [3.8, 4) is 0 Å². The van der Waals surface area contributed by atoms with E-state index in [-0.39, 0.29) is 0 Å². The molecule has 0 saturated heterocycles. The van der Waals surface area contributed by atoms with Crippen molar-refractivity contribution in [3.63, 3.8) is 0 Å². The first-order valence-electron chi connectivity index (χ1n) is 3.75. The standard InChI is InChI=1S/C8H10N4/c1-5-3-6(2)12-4-7(9)11-8(12)10-5/h3-4H,9H2,1-2H3. The molecule has 0 aliphatic rings. The number of nitrogens with zero attached hydrogens (tertiary/aromatic N) is 3. The summed E-state index contributed by atoms with van der Waals surface area (Å²) in [4.78, 5) is 8.29. The van der Waals surface area contributed by atoms with Crippen LogP contribution < -0.4 is 5.73 Å². The van der Waals surface area contributed by atoms with Gasteiger partial charge in [-0.15, -0.1) is 0 Å². The maximum absolute atomic E-state index is 5.54. The van der Waals surface area contributed by atoms with Gasteiger partial charge in [0.1, 0.15) is 5.82 Å². The molecule has 0 amide bonds. The summed E-state index contributed by atoms with van der Waals surface area (Å²) in [5.41, 5.74) is 7.60. The summed E-state index contributed by atoms with van der Waals surface area (Å²) in [5.74, 6) is 1.18. The Kier molecular flexibility index (Phi) is 1.30. The van der Waals surface area contributed by atoms with Gasteiger partial charge in [0.05, 0.1) is 6.20 Å². The number of nitrogen functional groups attached to an aromatic ring is 1. The van der Waals surface area contributed by atoms with Crippen LogP contribution in [0.5, 0.6) is 0 Å². The Morgan fingerprint density at radius 3 is 2.83 bits per heavy atom. The van der Waals surface area contributed by atoms with Crippen molar-refractivity contribution in [3.05, 3.63) is 23.7 Å². The summed E-state index contributed by atoms with van der Waals surface area (Å²) in [7, 11) is 0. The normalized spacial score (nSPS) is 10.8. The molecule has 2 aromatic heterocycles. The highest BCUT2D eigenvalue weighted by molar-refractivity contribution is 5.42. The van der Waals surface area contributed by atoms with Crippen molar-refractivity contribution in [1.82, 2.24) is 14.4 Å². The molecular formula is C8H10N4. The number of fused-ring (bicyclic) bond motifs is 1. The second kappa shape index (κ2) is 2.20. The van der Waals surface area contributed by atoms with Crippen LogP contribution in [-0.4, -0.2) is 14.4 Å². The van der Waals surface area contributed by atoms with E-state index in [1.54, 1.807) is 6.20 Å². The van der Waals surface area contributed by atoms with E-state index in [0.29, 0.717) is 11.6 Å². The molecule has 2 rings (SSSR count). The Bertz CT molecular complexity index is 430. The predicted octanol–water partition coefficient (Wildman–Crippen LogP) is 0.928. The molecule has 4 heteroatoms. The number of hydrogen-bond acceptors (Lipinski definition) is 3. The van der Waals surface area contributed by atoms with Crippen molar-refractivity contribution in [2.45, 2.75) is 13.8 Å². The Morgan fingerprint density at radius 1 is 1.33 bits per heavy atom. The smallest absolute Gasteiger partial charge is 0.236 e. The fraction of sp³-hybridized carbons (Fsp3) is 0.250. The highest BCUT2D eigenvalue weighted by atomic mass is 15.1. The molecule has 2 aromatic rings. The van der Waals surface area contributed by atoms with Crippen LogP contribution in [0.25, 0.3) is 5.78 Å². The summed E-state index contributed by atoms with van der Waals surface area (Å²) < 4.78 is 1.88. The third kappa shape index (κ3) is 0.922. The fourth-order valence-electron chi connectivity index (χ4n) is 1.29. The van der Waals surface area contributed by atoms with Crippen molar-refractivity contribution in [2.24, 2.45) is 0 Å². The predicted molar refractivity (Wildman–Crippen MR) is 46.9 cm³/mol. The molecule has 0 saturated carbocycles. The van der Waals surface area contributed by atoms with E-state index in [4.69, 9.17) is 5.73 Å². The largest absolute Gasteiger partial charge is 0.382 e. The van der Waals surface area contributed by atoms with E-state index >= 15 is 0 Å². The van der Waals surface area contributed by atoms with Gasteiger partial charge in [-0.2, -0.15) is 4.98 Å². The van der Waals surface area contributed by atoms with Crippen LogP contribution in [-0.2, 0) is 0 Å². The van der Waals surface area contributed by atoms with E-state index < -0.39 is 0 Å². The Balaban J connectivity index is 2.88. The zero-order chi connectivity index (χ0) is 8.72. The minimum absolute atomic E-state index is 0.510. The first-order valence-corrected chi connectivity index (χ1v) is 3.75. The number of hydrogen-bond donors (Lipinski definition) is 1. The molecule has 0 spiro atoms. The molecule has 0 radical (unpaired) electrons. The van der Waals surface area contributed by atoms with Crippen LogP contribution in [0, 0.1) is 13.8 Å². The van der Waals surface area contributed by atoms with Gasteiger partial charge in [-0.25, -0.2) is 4.98 Å². The third-order valence-electron chi connectivity index (χ3n) is 1.78. The monoisotopic (exact) mass is 162 g/mol. The number of aromatic nitrogens is 3. The molecule has 0 atom stereocenters. The van der Waals surface area contributed by atoms with Gasteiger partial charge in [0, 0.05) is 11.4 Å². The second-order valence-electron chi connectivity index (χ2n) is 2.87. The van der Waals surface area contributed by atoms with Gasteiger partial charge in [0.15, 0.2) is 0 Å². The van der Waals surface area contributed by atoms with Gasteiger partial charge in [-0.3, -0.25) is 4.40 Å². The molecular weight excluding hydrogens is 152 g/mol. The van der Waals surface area contributed by atoms with E-state index in [0.717, 1.165) is 11.4 Å². The van der Waals surface area contributed by atoms with Crippen molar-refractivity contribution in [1.29, 1.82) is 0 Å². The molecule has 2 heterocycles. The first-order chi connectivity index (χ1) is 5.66. The van der Waals surface area contributed by atoms with Crippen LogP contribution >= 0.6 is 0 Å². The van der Waals surface area contributed by atoms with Crippen molar-refractivity contribution >= 4 is 11.6 Å². The summed E-state index contributed by atoms with van der Waals surface area (Å²) in [6, 6.07) is 1.99. The summed E-state index contributed by atoms with van der Waals surface area (Å²) in [6.45, 7) is 3.95. The van der Waals surface area contributed by atoms with Crippen LogP contribution in [0.4, 0.5) is 5.82 Å². The van der Waals surface area contributed by atoms with Gasteiger partial charge in [-0.1, -0.05) is 0 Å². The minimum atomic E-state index is 0.510. The average Bonchev–Trinajstić information content (AvgIpc) is 2.29. The lowest BCUT2D eigenvalue weighted by Crippen LogP contribution is -1.94. The van der Waals surface area contributed by atoms with E-state index in [1.807, 2.05) is 24.3 Å². The van der Waals surface area contributed by atoms with E-state index in [9.17, 15) is 0 Å². The van der Waals surface area contributed by atoms with Crippen LogP contribution in [0.1, 0.15) is 11.4 Å². The number of imidazole rings is 1. The van der Waals surface area contributed by atoms with Gasteiger partial charge >= 0.3 is 0 Å². The molecule has 12 heavy (non-hydrogen) atoms. The van der Waals surface area contributed by atoms with Gasteiger partial charge in [0.25, 0.3) is 0 Å². The maximum atomic E-state index is 5.54. The van der Waals surface area contributed by atoms with E-state index in [1.165, 1.54) is 0 Å². The molecule has 62 valence electrons. The second-order valence-corrected chi connectivity index (χ2v) is 2.87. The van der Waals surface area contributed by atoms with E-state index in [2.05, 4.69) is 9.97 Å². The molecule has 4 nitrogen and oxygen atoms in total. The number of aryl methyl sites for hydroxylation is 2. The minimum Gasteiger partial charge on any atom is -0.382 e. The zero-order valence-corrected chi connectivity index (χ0v) is 7.07. The molecule has 0 unspecified atom stereocenters.